The number of nitrogens with zero attached hydrogens (tertiary/aromatic N) is 3. The number of hydrazine groups is 1. The summed E-state index contributed by atoms with van der Waals surface area (Å²) in [6, 6.07) is 1.73. The SMILES string of the molecule is CCOCc1nc(NN)cc(N2CCCNC(=O)C2)n1. The number of carbonyl (C=O) groups excluding carboxylic acids is 1. The Morgan fingerprint density at radius 2 is 2.40 bits per heavy atom. The molecule has 2 rings (SSSR count). The van der Waals surface area contributed by atoms with Gasteiger partial charge < -0.3 is 20.4 Å². The highest BCUT2D eigenvalue weighted by Crippen LogP contribution is 2.17. The number of nitrogens with one attached hydrogen (secondary N) is 2. The monoisotopic (exact) mass is 280 g/mol. The normalized spacial score (nSPS) is 15.7. The molecule has 1 aromatic rings. The molecule has 1 fully saturated rings. The highest BCUT2D eigenvalue weighted by atomic mass is 16.5. The molecule has 8 nitrogen and oxygen atoms in total. The number of aromatic nitrogens is 2. The third kappa shape index (κ3) is 3.78. The molecule has 0 radical (unpaired) electrons. The number of amides is 1. The zero-order valence-electron chi connectivity index (χ0n) is 11.6. The van der Waals surface area contributed by atoms with Crippen molar-refractivity contribution in [2.45, 2.75) is 20.0 Å². The van der Waals surface area contributed by atoms with Gasteiger partial charge >= 0.3 is 0 Å². The van der Waals surface area contributed by atoms with Gasteiger partial charge in [0.25, 0.3) is 0 Å². The second kappa shape index (κ2) is 7.01. The van der Waals surface area contributed by atoms with Crippen LogP contribution in [-0.2, 0) is 16.1 Å². The van der Waals surface area contributed by atoms with Crippen molar-refractivity contribution >= 4 is 17.5 Å². The summed E-state index contributed by atoms with van der Waals surface area (Å²) in [5, 5.41) is 2.83. The second-order valence-electron chi connectivity index (χ2n) is 4.43. The standard InChI is InChI=1S/C12H20N6O2/c1-2-20-8-10-15-9(17-13)6-11(16-10)18-5-3-4-14-12(19)7-18/h6H,2-5,7-8,13H2,1H3,(H,14,19)(H,15,16,17). The maximum absolute atomic E-state index is 11.6. The summed E-state index contributed by atoms with van der Waals surface area (Å²) in [7, 11) is 0. The predicted molar refractivity (Wildman–Crippen MR) is 75.0 cm³/mol. The van der Waals surface area contributed by atoms with Crippen LogP contribution in [0.15, 0.2) is 6.07 Å². The fourth-order valence-corrected chi connectivity index (χ4v) is 1.98. The lowest BCUT2D eigenvalue weighted by Gasteiger charge is -2.21. The Kier molecular flexibility index (Phi) is 5.08. The number of ether oxygens (including phenoxy) is 1. The van der Waals surface area contributed by atoms with Crippen LogP contribution >= 0.6 is 0 Å². The maximum atomic E-state index is 11.6. The number of hydrogen-bond acceptors (Lipinski definition) is 7. The van der Waals surface area contributed by atoms with Gasteiger partial charge in [-0.3, -0.25) is 4.79 Å². The average molecular weight is 280 g/mol. The average Bonchev–Trinajstić information content (AvgIpc) is 2.69. The summed E-state index contributed by atoms with van der Waals surface area (Å²) in [6.45, 7) is 4.55. The number of rotatable bonds is 5. The Labute approximate surface area is 117 Å². The lowest BCUT2D eigenvalue weighted by Crippen LogP contribution is -2.33. The topological polar surface area (TPSA) is 105 Å². The van der Waals surface area contributed by atoms with Crippen LogP contribution in [0.2, 0.25) is 0 Å². The molecule has 0 aromatic carbocycles. The molecule has 0 spiro atoms. The van der Waals surface area contributed by atoms with Crippen LogP contribution in [-0.4, -0.2) is 42.1 Å². The zero-order chi connectivity index (χ0) is 14.4. The molecule has 8 heteroatoms. The molecule has 0 saturated carbocycles. The van der Waals surface area contributed by atoms with Crippen LogP contribution in [0.4, 0.5) is 11.6 Å². The fourth-order valence-electron chi connectivity index (χ4n) is 1.98. The summed E-state index contributed by atoms with van der Waals surface area (Å²) in [5.74, 6) is 7.15. The van der Waals surface area contributed by atoms with Crippen LogP contribution in [0.25, 0.3) is 0 Å². The highest BCUT2D eigenvalue weighted by molar-refractivity contribution is 5.81. The van der Waals surface area contributed by atoms with Gasteiger partial charge in [-0.15, -0.1) is 0 Å². The minimum atomic E-state index is -0.00488. The number of carbonyl (C=O) groups is 1. The lowest BCUT2D eigenvalue weighted by atomic mass is 10.3. The highest BCUT2D eigenvalue weighted by Gasteiger charge is 2.17. The third-order valence-electron chi connectivity index (χ3n) is 2.93. The number of nitrogen functional groups attached to an aromatic ring is 1. The molecule has 1 aliphatic heterocycles. The van der Waals surface area contributed by atoms with Crippen LogP contribution in [0.5, 0.6) is 0 Å². The van der Waals surface area contributed by atoms with E-state index in [0.717, 1.165) is 13.0 Å². The van der Waals surface area contributed by atoms with Crippen molar-refractivity contribution in [1.82, 2.24) is 15.3 Å². The maximum Gasteiger partial charge on any atom is 0.239 e. The molecular formula is C12H20N6O2. The quantitative estimate of drug-likeness (QED) is 0.499. The van der Waals surface area contributed by atoms with E-state index in [1.807, 2.05) is 11.8 Å². The van der Waals surface area contributed by atoms with Crippen molar-refractivity contribution in [3.05, 3.63) is 11.9 Å². The van der Waals surface area contributed by atoms with E-state index < -0.39 is 0 Å². The predicted octanol–water partition coefficient (Wildman–Crippen LogP) is -0.375. The number of nitrogens with two attached hydrogens (primary N) is 1. The summed E-state index contributed by atoms with van der Waals surface area (Å²) in [4.78, 5) is 22.2. The number of anilines is 2. The first-order chi connectivity index (χ1) is 9.72. The minimum absolute atomic E-state index is 0.00488. The van der Waals surface area contributed by atoms with Crippen LogP contribution in [0, 0.1) is 0 Å². The van der Waals surface area contributed by atoms with E-state index in [4.69, 9.17) is 10.6 Å². The van der Waals surface area contributed by atoms with Crippen LogP contribution < -0.4 is 21.5 Å². The molecule has 0 atom stereocenters. The smallest absolute Gasteiger partial charge is 0.239 e. The van der Waals surface area contributed by atoms with Crippen molar-refractivity contribution < 1.29 is 9.53 Å². The van der Waals surface area contributed by atoms with Gasteiger partial charge in [0.15, 0.2) is 5.82 Å². The van der Waals surface area contributed by atoms with Crippen molar-refractivity contribution in [2.75, 3.05) is 36.6 Å². The van der Waals surface area contributed by atoms with Crippen LogP contribution in [0.3, 0.4) is 0 Å². The van der Waals surface area contributed by atoms with Crippen molar-refractivity contribution in [3.8, 4) is 0 Å². The van der Waals surface area contributed by atoms with E-state index in [1.165, 1.54) is 0 Å². The summed E-state index contributed by atoms with van der Waals surface area (Å²) < 4.78 is 5.32. The van der Waals surface area contributed by atoms with Gasteiger partial charge in [0.1, 0.15) is 18.2 Å². The molecule has 1 aromatic heterocycles. The molecule has 4 N–H and O–H groups in total. The van der Waals surface area contributed by atoms with Crippen molar-refractivity contribution in [1.29, 1.82) is 0 Å². The van der Waals surface area contributed by atoms with Crippen LogP contribution in [0.1, 0.15) is 19.2 Å². The van der Waals surface area contributed by atoms with Gasteiger partial charge in [0, 0.05) is 25.8 Å². The van der Waals surface area contributed by atoms with Gasteiger partial charge in [-0.05, 0) is 13.3 Å². The largest absolute Gasteiger partial charge is 0.374 e. The van der Waals surface area contributed by atoms with E-state index in [0.29, 0.717) is 37.2 Å². The van der Waals surface area contributed by atoms with Gasteiger partial charge in [0.05, 0.1) is 6.54 Å². The summed E-state index contributed by atoms with van der Waals surface area (Å²) in [6.07, 6.45) is 0.877. The van der Waals surface area contributed by atoms with Crippen molar-refractivity contribution in [3.63, 3.8) is 0 Å². The first-order valence-electron chi connectivity index (χ1n) is 6.67. The van der Waals surface area contributed by atoms with Gasteiger partial charge in [-0.25, -0.2) is 15.8 Å². The Balaban J connectivity index is 2.21. The molecule has 0 bridgehead atoms. The summed E-state index contributed by atoms with van der Waals surface area (Å²) in [5.41, 5.74) is 2.52. The Morgan fingerprint density at radius 1 is 1.55 bits per heavy atom. The van der Waals surface area contributed by atoms with Gasteiger partial charge in [-0.2, -0.15) is 0 Å². The lowest BCUT2D eigenvalue weighted by molar-refractivity contribution is -0.119. The molecule has 20 heavy (non-hydrogen) atoms. The molecule has 1 saturated heterocycles. The zero-order valence-corrected chi connectivity index (χ0v) is 11.6. The molecule has 110 valence electrons. The molecular weight excluding hydrogens is 260 g/mol. The van der Waals surface area contributed by atoms with Gasteiger partial charge in [-0.1, -0.05) is 0 Å². The fraction of sp³-hybridized carbons (Fsp3) is 0.583. The van der Waals surface area contributed by atoms with E-state index in [-0.39, 0.29) is 12.5 Å². The minimum Gasteiger partial charge on any atom is -0.374 e. The molecule has 1 aliphatic rings. The van der Waals surface area contributed by atoms with E-state index in [1.54, 1.807) is 6.07 Å². The molecule has 2 heterocycles. The number of hydrogen-bond donors (Lipinski definition) is 3. The Hall–Kier alpha value is -1.93. The van der Waals surface area contributed by atoms with Gasteiger partial charge in [0.2, 0.25) is 5.91 Å². The third-order valence-corrected chi connectivity index (χ3v) is 2.93. The summed E-state index contributed by atoms with van der Waals surface area (Å²) >= 11 is 0. The Morgan fingerprint density at radius 3 is 3.15 bits per heavy atom. The molecule has 0 unspecified atom stereocenters. The Bertz CT molecular complexity index is 467. The molecule has 0 aliphatic carbocycles. The van der Waals surface area contributed by atoms with Crippen molar-refractivity contribution in [2.24, 2.45) is 5.84 Å². The van der Waals surface area contributed by atoms with E-state index >= 15 is 0 Å². The molecule has 1 amide bonds. The van der Waals surface area contributed by atoms with E-state index in [2.05, 4.69) is 20.7 Å². The first kappa shape index (κ1) is 14.5. The first-order valence-corrected chi connectivity index (χ1v) is 6.67. The second-order valence-corrected chi connectivity index (χ2v) is 4.43. The van der Waals surface area contributed by atoms with E-state index in [9.17, 15) is 4.79 Å².